The van der Waals surface area contributed by atoms with Gasteiger partial charge < -0.3 is 10.3 Å². The maximum absolute atomic E-state index is 11.7. The highest BCUT2D eigenvalue weighted by molar-refractivity contribution is 6.02. The molecule has 3 rings (SSSR count). The second kappa shape index (κ2) is 2.82. The Hall–Kier alpha value is -1.35. The van der Waals surface area contributed by atoms with Crippen molar-refractivity contribution in [3.05, 3.63) is 28.6 Å². The lowest BCUT2D eigenvalue weighted by atomic mass is 9.95. The summed E-state index contributed by atoms with van der Waals surface area (Å²) in [4.78, 5) is 15.0. The minimum absolute atomic E-state index is 0.235. The number of hydrogen-bond acceptors (Lipinski definition) is 2. The maximum atomic E-state index is 11.7. The van der Waals surface area contributed by atoms with Crippen LogP contribution in [0, 0.1) is 0 Å². The molecule has 3 nitrogen and oxygen atoms in total. The summed E-state index contributed by atoms with van der Waals surface area (Å²) in [6.07, 6.45) is 6.30. The van der Waals surface area contributed by atoms with E-state index in [2.05, 4.69) is 22.5 Å². The zero-order chi connectivity index (χ0) is 9.54. The molecule has 0 aromatic carbocycles. The first-order valence-electron chi connectivity index (χ1n) is 5.00. The summed E-state index contributed by atoms with van der Waals surface area (Å²) in [5.74, 6) is 0.235. The fourth-order valence-electron chi connectivity index (χ4n) is 2.31. The molecule has 1 aromatic rings. The first-order valence-corrected chi connectivity index (χ1v) is 5.00. The van der Waals surface area contributed by atoms with Crippen LogP contribution in [-0.2, 0) is 13.0 Å². The van der Waals surface area contributed by atoms with Gasteiger partial charge in [-0.25, -0.2) is 0 Å². The molecule has 2 aliphatic rings. The van der Waals surface area contributed by atoms with Gasteiger partial charge in [0.05, 0.1) is 6.54 Å². The molecule has 1 aliphatic carbocycles. The highest BCUT2D eigenvalue weighted by Crippen LogP contribution is 2.27. The van der Waals surface area contributed by atoms with Crippen molar-refractivity contribution >= 4 is 11.9 Å². The van der Waals surface area contributed by atoms with Crippen molar-refractivity contribution in [3.8, 4) is 0 Å². The molecule has 2 N–H and O–H groups in total. The third kappa shape index (κ3) is 0.990. The number of carbonyl (C=O) groups is 1. The van der Waals surface area contributed by atoms with Crippen molar-refractivity contribution < 1.29 is 4.79 Å². The van der Waals surface area contributed by atoms with Gasteiger partial charge in [-0.05, 0) is 24.5 Å². The van der Waals surface area contributed by atoms with E-state index < -0.39 is 0 Å². The van der Waals surface area contributed by atoms with Gasteiger partial charge in [0.2, 0.25) is 0 Å². The minimum atomic E-state index is 0.235. The van der Waals surface area contributed by atoms with E-state index in [0.717, 1.165) is 36.3 Å². The largest absolute Gasteiger partial charge is 0.357 e. The number of fused-ring (bicyclic) bond motifs is 3. The molecule has 0 spiro atoms. The van der Waals surface area contributed by atoms with Crippen LogP contribution in [0.3, 0.4) is 0 Å². The molecule has 0 bridgehead atoms. The van der Waals surface area contributed by atoms with Crippen molar-refractivity contribution in [1.82, 2.24) is 10.3 Å². The standard InChI is InChI=1S/C11H12N2O/c14-10-6-12-5-9-11(10)7-3-1-2-4-8(7)13-9/h2,4,12-13H,1,3,5-6H2. The number of aromatic amines is 1. The molecule has 3 heteroatoms. The van der Waals surface area contributed by atoms with Crippen molar-refractivity contribution in [2.75, 3.05) is 6.54 Å². The number of allylic oxidation sites excluding steroid dienone is 1. The summed E-state index contributed by atoms with van der Waals surface area (Å²) in [5.41, 5.74) is 4.40. The average molecular weight is 188 g/mol. The van der Waals surface area contributed by atoms with Gasteiger partial charge in [0.15, 0.2) is 5.78 Å². The number of nitrogens with one attached hydrogen (secondary N) is 2. The predicted molar refractivity (Wildman–Crippen MR) is 54.2 cm³/mol. The van der Waals surface area contributed by atoms with Crippen molar-refractivity contribution in [2.45, 2.75) is 19.4 Å². The van der Waals surface area contributed by atoms with Crippen LogP contribution < -0.4 is 5.32 Å². The summed E-state index contributed by atoms with van der Waals surface area (Å²) in [6, 6.07) is 0. The zero-order valence-corrected chi connectivity index (χ0v) is 7.89. The molecule has 72 valence electrons. The molecule has 0 amide bonds. The number of H-pyrrole nitrogens is 1. The minimum Gasteiger partial charge on any atom is -0.357 e. The van der Waals surface area contributed by atoms with Gasteiger partial charge >= 0.3 is 0 Å². The number of ketones is 1. The maximum Gasteiger partial charge on any atom is 0.178 e. The van der Waals surface area contributed by atoms with Crippen LogP contribution in [0.25, 0.3) is 6.08 Å². The number of carbonyl (C=O) groups excluding carboxylic acids is 1. The smallest absolute Gasteiger partial charge is 0.178 e. The highest BCUT2D eigenvalue weighted by Gasteiger charge is 2.25. The van der Waals surface area contributed by atoms with Crippen molar-refractivity contribution in [3.63, 3.8) is 0 Å². The Morgan fingerprint density at radius 3 is 3.14 bits per heavy atom. The van der Waals surface area contributed by atoms with E-state index in [1.165, 1.54) is 5.56 Å². The average Bonchev–Trinajstić information content (AvgIpc) is 2.57. The number of Topliss-reactive ketones (excluding diaryl/α,β-unsaturated/α-hetero) is 1. The lowest BCUT2D eigenvalue weighted by Crippen LogP contribution is -2.29. The Balaban J connectivity index is 2.22. The number of rotatable bonds is 0. The van der Waals surface area contributed by atoms with Crippen LogP contribution in [0.1, 0.15) is 33.7 Å². The zero-order valence-electron chi connectivity index (χ0n) is 7.89. The molecule has 0 radical (unpaired) electrons. The summed E-state index contributed by atoms with van der Waals surface area (Å²) in [5, 5.41) is 3.09. The van der Waals surface area contributed by atoms with Crippen LogP contribution in [0.5, 0.6) is 0 Å². The summed E-state index contributed by atoms with van der Waals surface area (Å²) < 4.78 is 0. The first kappa shape index (κ1) is 8.00. The fraction of sp³-hybridized carbons (Fsp3) is 0.364. The lowest BCUT2D eigenvalue weighted by molar-refractivity contribution is 0.0981. The molecule has 1 aromatic heterocycles. The molecule has 0 saturated heterocycles. The molecule has 0 fully saturated rings. The predicted octanol–water partition coefficient (Wildman–Crippen LogP) is 1.26. The van der Waals surface area contributed by atoms with Gasteiger partial charge in [-0.3, -0.25) is 4.79 Å². The van der Waals surface area contributed by atoms with E-state index in [-0.39, 0.29) is 5.78 Å². The Morgan fingerprint density at radius 1 is 1.29 bits per heavy atom. The van der Waals surface area contributed by atoms with Crippen LogP contribution in [0.2, 0.25) is 0 Å². The Kier molecular flexibility index (Phi) is 1.61. The molecular formula is C11H12N2O. The van der Waals surface area contributed by atoms with Gasteiger partial charge in [-0.1, -0.05) is 6.08 Å². The van der Waals surface area contributed by atoms with E-state index in [0.29, 0.717) is 6.54 Å². The third-order valence-corrected chi connectivity index (χ3v) is 2.93. The van der Waals surface area contributed by atoms with Gasteiger partial charge in [0.1, 0.15) is 0 Å². The second-order valence-corrected chi connectivity index (χ2v) is 3.84. The Labute approximate surface area is 82.2 Å². The van der Waals surface area contributed by atoms with E-state index >= 15 is 0 Å². The van der Waals surface area contributed by atoms with Gasteiger partial charge in [0, 0.05) is 23.5 Å². The molecule has 0 atom stereocenters. The molecular weight excluding hydrogens is 176 g/mol. The summed E-state index contributed by atoms with van der Waals surface area (Å²) >= 11 is 0. The topological polar surface area (TPSA) is 44.9 Å². The Bertz CT molecular complexity index is 429. The van der Waals surface area contributed by atoms with Gasteiger partial charge in [-0.2, -0.15) is 0 Å². The number of aromatic nitrogens is 1. The van der Waals surface area contributed by atoms with Crippen molar-refractivity contribution in [1.29, 1.82) is 0 Å². The lowest BCUT2D eigenvalue weighted by Gasteiger charge is -2.13. The molecule has 14 heavy (non-hydrogen) atoms. The van der Waals surface area contributed by atoms with Crippen LogP contribution in [0.15, 0.2) is 6.08 Å². The molecule has 2 heterocycles. The number of hydrogen-bond donors (Lipinski definition) is 2. The van der Waals surface area contributed by atoms with Crippen LogP contribution in [-0.4, -0.2) is 17.3 Å². The van der Waals surface area contributed by atoms with E-state index in [4.69, 9.17) is 0 Å². The normalized spacial score (nSPS) is 19.3. The molecule has 0 unspecified atom stereocenters. The van der Waals surface area contributed by atoms with E-state index in [1.807, 2.05) is 0 Å². The molecule has 0 saturated carbocycles. The SMILES string of the molecule is O=C1CNCc2[nH]c3c(c21)CCC=C3. The third-order valence-electron chi connectivity index (χ3n) is 2.93. The fourth-order valence-corrected chi connectivity index (χ4v) is 2.31. The molecule has 1 aliphatic heterocycles. The van der Waals surface area contributed by atoms with Crippen molar-refractivity contribution in [2.24, 2.45) is 0 Å². The van der Waals surface area contributed by atoms with Gasteiger partial charge in [0.25, 0.3) is 0 Å². The van der Waals surface area contributed by atoms with Gasteiger partial charge in [-0.15, -0.1) is 0 Å². The second-order valence-electron chi connectivity index (χ2n) is 3.84. The first-order chi connectivity index (χ1) is 6.86. The summed E-state index contributed by atoms with van der Waals surface area (Å²) in [6.45, 7) is 1.28. The van der Waals surface area contributed by atoms with E-state index in [1.54, 1.807) is 0 Å². The highest BCUT2D eigenvalue weighted by atomic mass is 16.1. The van der Waals surface area contributed by atoms with E-state index in [9.17, 15) is 4.79 Å². The quantitative estimate of drug-likeness (QED) is 0.643. The summed E-state index contributed by atoms with van der Waals surface area (Å²) in [7, 11) is 0. The van der Waals surface area contributed by atoms with Crippen LogP contribution in [0.4, 0.5) is 0 Å². The monoisotopic (exact) mass is 188 g/mol. The Morgan fingerprint density at radius 2 is 2.21 bits per heavy atom. The van der Waals surface area contributed by atoms with Crippen LogP contribution >= 0.6 is 0 Å².